The van der Waals surface area contributed by atoms with Crippen molar-refractivity contribution in [2.45, 2.75) is 9.92 Å². The van der Waals surface area contributed by atoms with Crippen LogP contribution in [0.15, 0.2) is 46.5 Å². The number of anilines is 1. The molecule has 0 aliphatic rings. The second-order valence-electron chi connectivity index (χ2n) is 3.45. The summed E-state index contributed by atoms with van der Waals surface area (Å²) >= 11 is 7.24. The van der Waals surface area contributed by atoms with E-state index in [0.717, 1.165) is 0 Å². The summed E-state index contributed by atoms with van der Waals surface area (Å²) in [4.78, 5) is 15.7. The summed E-state index contributed by atoms with van der Waals surface area (Å²) in [6.07, 6.45) is 1.63. The molecule has 6 heteroatoms. The summed E-state index contributed by atoms with van der Waals surface area (Å²) in [6, 6.07) is 8.30. The van der Waals surface area contributed by atoms with Gasteiger partial charge in [0, 0.05) is 16.8 Å². The molecule has 2 rings (SSSR count). The number of benzene rings is 1. The quantitative estimate of drug-likeness (QED) is 0.845. The maximum absolute atomic E-state index is 11.2. The van der Waals surface area contributed by atoms with Crippen LogP contribution in [0.3, 0.4) is 0 Å². The SMILES string of the molecule is Nc1cc(Cl)c(Sc2ccccn2)c(C(=O)O)c1. The maximum atomic E-state index is 11.2. The number of aromatic carboxylic acids is 1. The third-order valence-corrected chi connectivity index (χ3v) is 3.65. The number of nitrogens with zero attached hydrogens (tertiary/aromatic N) is 1. The van der Waals surface area contributed by atoms with E-state index < -0.39 is 5.97 Å². The summed E-state index contributed by atoms with van der Waals surface area (Å²) in [5.74, 6) is -1.07. The highest BCUT2D eigenvalue weighted by Gasteiger charge is 2.16. The summed E-state index contributed by atoms with van der Waals surface area (Å²) in [5, 5.41) is 10.1. The first-order chi connectivity index (χ1) is 8.58. The van der Waals surface area contributed by atoms with Crippen LogP contribution in [0.4, 0.5) is 5.69 Å². The third-order valence-electron chi connectivity index (χ3n) is 2.14. The number of aromatic nitrogens is 1. The minimum absolute atomic E-state index is 0.0793. The fourth-order valence-corrected chi connectivity index (χ4v) is 2.61. The molecular formula is C12H9ClN2O2S. The van der Waals surface area contributed by atoms with Gasteiger partial charge in [0.25, 0.3) is 0 Å². The maximum Gasteiger partial charge on any atom is 0.336 e. The lowest BCUT2D eigenvalue weighted by Crippen LogP contribution is -2.01. The first-order valence-electron chi connectivity index (χ1n) is 4.99. The Bertz CT molecular complexity index is 590. The highest BCUT2D eigenvalue weighted by Crippen LogP contribution is 2.36. The Morgan fingerprint density at radius 3 is 2.78 bits per heavy atom. The van der Waals surface area contributed by atoms with Gasteiger partial charge in [-0.2, -0.15) is 0 Å². The zero-order chi connectivity index (χ0) is 13.1. The van der Waals surface area contributed by atoms with Crippen LogP contribution in [0.25, 0.3) is 0 Å². The molecule has 0 bridgehead atoms. The number of carboxylic acids is 1. The minimum Gasteiger partial charge on any atom is -0.478 e. The first kappa shape index (κ1) is 12.7. The fourth-order valence-electron chi connectivity index (χ4n) is 1.39. The number of hydrogen-bond acceptors (Lipinski definition) is 4. The van der Waals surface area contributed by atoms with Crippen LogP contribution in [0.1, 0.15) is 10.4 Å². The monoisotopic (exact) mass is 280 g/mol. The number of pyridine rings is 1. The lowest BCUT2D eigenvalue weighted by atomic mass is 10.2. The Balaban J connectivity index is 2.47. The molecule has 0 atom stereocenters. The van der Waals surface area contributed by atoms with E-state index in [2.05, 4.69) is 4.98 Å². The van der Waals surface area contributed by atoms with Gasteiger partial charge in [0.05, 0.1) is 10.6 Å². The number of nitrogen functional groups attached to an aromatic ring is 1. The van der Waals surface area contributed by atoms with Crippen molar-refractivity contribution in [2.24, 2.45) is 0 Å². The van der Waals surface area contributed by atoms with Gasteiger partial charge in [0.15, 0.2) is 0 Å². The van der Waals surface area contributed by atoms with Gasteiger partial charge >= 0.3 is 5.97 Å². The number of halogens is 1. The molecule has 0 fully saturated rings. The highest BCUT2D eigenvalue weighted by atomic mass is 35.5. The van der Waals surface area contributed by atoms with Crippen LogP contribution in [0, 0.1) is 0 Å². The molecule has 4 nitrogen and oxygen atoms in total. The average molecular weight is 281 g/mol. The van der Waals surface area contributed by atoms with Crippen molar-refractivity contribution >= 4 is 35.0 Å². The second kappa shape index (κ2) is 5.29. The molecule has 18 heavy (non-hydrogen) atoms. The predicted molar refractivity (Wildman–Crippen MR) is 71.2 cm³/mol. The van der Waals surface area contributed by atoms with Crippen molar-refractivity contribution < 1.29 is 9.90 Å². The highest BCUT2D eigenvalue weighted by molar-refractivity contribution is 7.99. The Hall–Kier alpha value is -1.72. The standard InChI is InChI=1S/C12H9ClN2O2S/c13-9-6-7(14)5-8(12(16)17)11(9)18-10-3-1-2-4-15-10/h1-6H,14H2,(H,16,17). The van der Waals surface area contributed by atoms with Gasteiger partial charge in [0.2, 0.25) is 0 Å². The number of carbonyl (C=O) groups is 1. The Kier molecular flexibility index (Phi) is 3.74. The normalized spacial score (nSPS) is 10.3. The van der Waals surface area contributed by atoms with Crippen molar-refractivity contribution in [3.05, 3.63) is 47.1 Å². The van der Waals surface area contributed by atoms with E-state index in [1.807, 2.05) is 6.07 Å². The van der Waals surface area contributed by atoms with E-state index in [0.29, 0.717) is 20.6 Å². The minimum atomic E-state index is -1.07. The van der Waals surface area contributed by atoms with Crippen molar-refractivity contribution in [1.82, 2.24) is 4.98 Å². The molecule has 2 aromatic rings. The van der Waals surface area contributed by atoms with Gasteiger partial charge in [-0.15, -0.1) is 0 Å². The summed E-state index contributed by atoms with van der Waals surface area (Å²) in [7, 11) is 0. The Morgan fingerprint density at radius 1 is 1.39 bits per heavy atom. The smallest absolute Gasteiger partial charge is 0.336 e. The van der Waals surface area contributed by atoms with Gasteiger partial charge in [-0.3, -0.25) is 0 Å². The molecule has 0 unspecified atom stereocenters. The lowest BCUT2D eigenvalue weighted by molar-refractivity contribution is 0.0693. The number of rotatable bonds is 3. The summed E-state index contributed by atoms with van der Waals surface area (Å²) in [6.45, 7) is 0. The molecule has 0 amide bonds. The van der Waals surface area contributed by atoms with Gasteiger partial charge < -0.3 is 10.8 Å². The van der Waals surface area contributed by atoms with E-state index in [4.69, 9.17) is 22.4 Å². The molecule has 0 saturated carbocycles. The molecule has 0 radical (unpaired) electrons. The zero-order valence-corrected chi connectivity index (χ0v) is 10.7. The first-order valence-corrected chi connectivity index (χ1v) is 6.18. The molecule has 3 N–H and O–H groups in total. The van der Waals surface area contributed by atoms with Crippen LogP contribution in [-0.4, -0.2) is 16.1 Å². The van der Waals surface area contributed by atoms with Crippen molar-refractivity contribution in [2.75, 3.05) is 5.73 Å². The van der Waals surface area contributed by atoms with Crippen molar-refractivity contribution in [3.63, 3.8) is 0 Å². The average Bonchev–Trinajstić information content (AvgIpc) is 2.33. The molecule has 1 heterocycles. The van der Waals surface area contributed by atoms with Crippen molar-refractivity contribution in [3.8, 4) is 0 Å². The molecule has 92 valence electrons. The predicted octanol–water partition coefficient (Wildman–Crippen LogP) is 3.17. The number of nitrogens with two attached hydrogens (primary N) is 1. The van der Waals surface area contributed by atoms with Crippen molar-refractivity contribution in [1.29, 1.82) is 0 Å². The topological polar surface area (TPSA) is 76.2 Å². The Morgan fingerprint density at radius 2 is 2.17 bits per heavy atom. The van der Waals surface area contributed by atoms with E-state index in [-0.39, 0.29) is 5.56 Å². The van der Waals surface area contributed by atoms with Crippen LogP contribution in [-0.2, 0) is 0 Å². The number of hydrogen-bond donors (Lipinski definition) is 2. The van der Waals surface area contributed by atoms with Crippen LogP contribution < -0.4 is 5.73 Å². The van der Waals surface area contributed by atoms with E-state index in [9.17, 15) is 4.79 Å². The van der Waals surface area contributed by atoms with E-state index in [1.54, 1.807) is 18.3 Å². The fraction of sp³-hybridized carbons (Fsp3) is 0. The zero-order valence-electron chi connectivity index (χ0n) is 9.13. The molecular weight excluding hydrogens is 272 g/mol. The molecule has 1 aromatic heterocycles. The molecule has 0 spiro atoms. The van der Waals surface area contributed by atoms with E-state index in [1.165, 1.54) is 23.9 Å². The van der Waals surface area contributed by atoms with Gasteiger partial charge in [-0.1, -0.05) is 29.4 Å². The van der Waals surface area contributed by atoms with Crippen LogP contribution >= 0.6 is 23.4 Å². The largest absolute Gasteiger partial charge is 0.478 e. The van der Waals surface area contributed by atoms with Gasteiger partial charge in [-0.05, 0) is 24.3 Å². The summed E-state index contributed by atoms with van der Waals surface area (Å²) in [5.41, 5.74) is 5.99. The second-order valence-corrected chi connectivity index (χ2v) is 4.89. The molecule has 0 aliphatic carbocycles. The van der Waals surface area contributed by atoms with Crippen LogP contribution in [0.2, 0.25) is 5.02 Å². The Labute approximate surface area is 113 Å². The third kappa shape index (κ3) is 2.75. The van der Waals surface area contributed by atoms with Crippen LogP contribution in [0.5, 0.6) is 0 Å². The van der Waals surface area contributed by atoms with E-state index >= 15 is 0 Å². The molecule has 0 aliphatic heterocycles. The summed E-state index contributed by atoms with van der Waals surface area (Å²) < 4.78 is 0. The number of carboxylic acid groups (broad SMARTS) is 1. The van der Waals surface area contributed by atoms with Gasteiger partial charge in [-0.25, -0.2) is 9.78 Å². The lowest BCUT2D eigenvalue weighted by Gasteiger charge is -2.08. The van der Waals surface area contributed by atoms with Gasteiger partial charge in [0.1, 0.15) is 5.03 Å². The molecule has 0 saturated heterocycles. The molecule has 1 aromatic carbocycles.